The van der Waals surface area contributed by atoms with Crippen LogP contribution in [0.1, 0.15) is 10.5 Å². The molecule has 0 saturated carbocycles. The summed E-state index contributed by atoms with van der Waals surface area (Å²) in [5.41, 5.74) is 0.878. The van der Waals surface area contributed by atoms with Crippen molar-refractivity contribution in [3.63, 3.8) is 0 Å². The van der Waals surface area contributed by atoms with Crippen LogP contribution >= 0.6 is 11.6 Å². The van der Waals surface area contributed by atoms with E-state index in [9.17, 15) is 9.59 Å². The number of para-hydroxylation sites is 1. The maximum Gasteiger partial charge on any atom is 0.359 e. The minimum atomic E-state index is -0.657. The number of aromatic nitrogens is 2. The fraction of sp³-hybridized carbons (Fsp3) is 0.167. The van der Waals surface area contributed by atoms with Crippen LogP contribution in [0.25, 0.3) is 10.9 Å². The van der Waals surface area contributed by atoms with Crippen molar-refractivity contribution in [1.82, 2.24) is 15.5 Å². The van der Waals surface area contributed by atoms with E-state index in [1.807, 2.05) is 6.07 Å². The van der Waals surface area contributed by atoms with Gasteiger partial charge >= 0.3 is 5.97 Å². The van der Waals surface area contributed by atoms with Crippen LogP contribution in [0, 0.1) is 0 Å². The topological polar surface area (TPSA) is 93.3 Å². The van der Waals surface area contributed by atoms with Crippen LogP contribution in [-0.4, -0.2) is 41.8 Å². The van der Waals surface area contributed by atoms with E-state index in [4.69, 9.17) is 21.1 Å². The van der Waals surface area contributed by atoms with Crippen LogP contribution in [0.3, 0.4) is 0 Å². The zero-order chi connectivity index (χ0) is 18.4. The maximum absolute atomic E-state index is 12.0. The van der Waals surface area contributed by atoms with Gasteiger partial charge in [0.25, 0.3) is 5.91 Å². The Morgan fingerprint density at radius 3 is 2.69 bits per heavy atom. The summed E-state index contributed by atoms with van der Waals surface area (Å²) in [7, 11) is 0. The van der Waals surface area contributed by atoms with Crippen LogP contribution in [-0.2, 0) is 9.53 Å². The number of esters is 1. The third-order valence-electron chi connectivity index (χ3n) is 3.50. The van der Waals surface area contributed by atoms with Crippen LogP contribution in [0.4, 0.5) is 0 Å². The Bertz CT molecular complexity index is 908. The van der Waals surface area contributed by atoms with Gasteiger partial charge in [-0.05, 0) is 30.3 Å². The number of hydrogen-bond donors (Lipinski definition) is 2. The third-order valence-corrected chi connectivity index (χ3v) is 3.76. The van der Waals surface area contributed by atoms with Crippen molar-refractivity contribution in [2.24, 2.45) is 0 Å². The highest BCUT2D eigenvalue weighted by molar-refractivity contribution is 6.30. The number of H-pyrrole nitrogens is 1. The number of benzene rings is 2. The number of fused-ring (bicyclic) bond motifs is 1. The molecule has 7 nitrogen and oxygen atoms in total. The fourth-order valence-corrected chi connectivity index (χ4v) is 2.39. The highest BCUT2D eigenvalue weighted by atomic mass is 35.5. The molecule has 2 N–H and O–H groups in total. The van der Waals surface area contributed by atoms with E-state index in [0.717, 1.165) is 5.52 Å². The first kappa shape index (κ1) is 17.8. The minimum Gasteiger partial charge on any atom is -0.492 e. The lowest BCUT2D eigenvalue weighted by Crippen LogP contribution is -2.32. The molecule has 134 valence electrons. The van der Waals surface area contributed by atoms with Crippen LogP contribution in [0.15, 0.2) is 48.5 Å². The molecule has 0 aliphatic heterocycles. The van der Waals surface area contributed by atoms with E-state index in [2.05, 4.69) is 15.5 Å². The molecule has 0 atom stereocenters. The number of ether oxygens (including phenoxy) is 2. The second-order valence-electron chi connectivity index (χ2n) is 5.35. The monoisotopic (exact) mass is 373 g/mol. The molecule has 1 aromatic heterocycles. The van der Waals surface area contributed by atoms with Gasteiger partial charge in [0.05, 0.1) is 12.1 Å². The van der Waals surface area contributed by atoms with Gasteiger partial charge in [0, 0.05) is 10.4 Å². The number of carbonyl (C=O) groups is 2. The van der Waals surface area contributed by atoms with Gasteiger partial charge in [0.15, 0.2) is 12.3 Å². The van der Waals surface area contributed by atoms with Crippen molar-refractivity contribution in [2.45, 2.75) is 0 Å². The van der Waals surface area contributed by atoms with E-state index >= 15 is 0 Å². The third kappa shape index (κ3) is 4.52. The molecule has 0 saturated heterocycles. The number of aromatic amines is 1. The quantitative estimate of drug-likeness (QED) is 0.490. The van der Waals surface area contributed by atoms with Gasteiger partial charge < -0.3 is 14.8 Å². The molecule has 26 heavy (non-hydrogen) atoms. The van der Waals surface area contributed by atoms with E-state index in [0.29, 0.717) is 16.2 Å². The van der Waals surface area contributed by atoms with Crippen molar-refractivity contribution >= 4 is 34.4 Å². The second-order valence-corrected chi connectivity index (χ2v) is 5.78. The average molecular weight is 374 g/mol. The predicted molar refractivity (Wildman–Crippen MR) is 96.3 cm³/mol. The predicted octanol–water partition coefficient (Wildman–Crippen LogP) is 2.57. The van der Waals surface area contributed by atoms with Crippen molar-refractivity contribution in [2.75, 3.05) is 19.8 Å². The molecule has 2 aromatic carbocycles. The summed E-state index contributed by atoms with van der Waals surface area (Å²) in [6.07, 6.45) is 0. The average Bonchev–Trinajstić information content (AvgIpc) is 3.09. The lowest BCUT2D eigenvalue weighted by Gasteiger charge is -2.08. The Morgan fingerprint density at radius 1 is 1.12 bits per heavy atom. The Labute approximate surface area is 154 Å². The summed E-state index contributed by atoms with van der Waals surface area (Å²) < 4.78 is 10.4. The van der Waals surface area contributed by atoms with Crippen LogP contribution in [0.2, 0.25) is 5.02 Å². The molecule has 0 bridgehead atoms. The summed E-state index contributed by atoms with van der Waals surface area (Å²) in [5.74, 6) is -0.423. The number of nitrogens with one attached hydrogen (secondary N) is 2. The van der Waals surface area contributed by atoms with Gasteiger partial charge in [-0.2, -0.15) is 5.10 Å². The van der Waals surface area contributed by atoms with Crippen LogP contribution in [0.5, 0.6) is 5.75 Å². The highest BCUT2D eigenvalue weighted by Gasteiger charge is 2.16. The summed E-state index contributed by atoms with van der Waals surface area (Å²) in [6, 6.07) is 14.1. The van der Waals surface area contributed by atoms with Gasteiger partial charge in [-0.1, -0.05) is 29.8 Å². The Kier molecular flexibility index (Phi) is 5.70. The normalized spacial score (nSPS) is 10.5. The first-order valence-corrected chi connectivity index (χ1v) is 8.26. The molecular formula is C18H16ClN3O4. The van der Waals surface area contributed by atoms with Gasteiger partial charge in [-0.15, -0.1) is 0 Å². The first-order chi connectivity index (χ1) is 12.6. The number of amides is 1. The lowest BCUT2D eigenvalue weighted by molar-refractivity contribution is -0.124. The highest BCUT2D eigenvalue weighted by Crippen LogP contribution is 2.16. The summed E-state index contributed by atoms with van der Waals surface area (Å²) in [6.45, 7) is 0.177. The van der Waals surface area contributed by atoms with Crippen molar-refractivity contribution in [3.05, 3.63) is 59.2 Å². The van der Waals surface area contributed by atoms with Gasteiger partial charge in [-0.3, -0.25) is 9.89 Å². The minimum absolute atomic E-state index is 0.152. The Morgan fingerprint density at radius 2 is 1.88 bits per heavy atom. The SMILES string of the molecule is O=C(COC(=O)c1n[nH]c2ccccc12)NCCOc1ccc(Cl)cc1. The van der Waals surface area contributed by atoms with Crippen LogP contribution < -0.4 is 10.1 Å². The van der Waals surface area contributed by atoms with Crippen molar-refractivity contribution in [1.29, 1.82) is 0 Å². The molecular weight excluding hydrogens is 358 g/mol. The summed E-state index contributed by atoms with van der Waals surface area (Å²) >= 11 is 5.78. The number of rotatable bonds is 7. The summed E-state index contributed by atoms with van der Waals surface area (Å²) in [4.78, 5) is 23.8. The molecule has 3 aromatic rings. The number of hydrogen-bond acceptors (Lipinski definition) is 5. The summed E-state index contributed by atoms with van der Waals surface area (Å²) in [5, 5.41) is 10.5. The first-order valence-electron chi connectivity index (χ1n) is 7.89. The van der Waals surface area contributed by atoms with Gasteiger partial charge in [-0.25, -0.2) is 4.79 Å². The molecule has 8 heteroatoms. The number of halogens is 1. The lowest BCUT2D eigenvalue weighted by atomic mass is 10.2. The molecule has 0 fully saturated rings. The number of carbonyl (C=O) groups excluding carboxylic acids is 2. The molecule has 0 unspecified atom stereocenters. The maximum atomic E-state index is 12.0. The molecule has 0 aliphatic carbocycles. The van der Waals surface area contributed by atoms with Gasteiger partial charge in [0.2, 0.25) is 0 Å². The molecule has 1 heterocycles. The Hall–Kier alpha value is -3.06. The smallest absolute Gasteiger partial charge is 0.359 e. The standard InChI is InChI=1S/C18H16ClN3O4/c19-12-5-7-13(8-6-12)25-10-9-20-16(23)11-26-18(24)17-14-3-1-2-4-15(14)21-22-17/h1-8H,9-11H2,(H,20,23)(H,21,22). The molecule has 1 amide bonds. The molecule has 3 rings (SSSR count). The fourth-order valence-electron chi connectivity index (χ4n) is 2.26. The van der Waals surface area contributed by atoms with Gasteiger partial charge in [0.1, 0.15) is 12.4 Å². The largest absolute Gasteiger partial charge is 0.492 e. The van der Waals surface area contributed by atoms with E-state index in [-0.39, 0.29) is 25.5 Å². The zero-order valence-electron chi connectivity index (χ0n) is 13.7. The molecule has 0 spiro atoms. The van der Waals surface area contributed by atoms with E-state index < -0.39 is 11.9 Å². The molecule has 0 aliphatic rings. The molecule has 0 radical (unpaired) electrons. The Balaban J connectivity index is 1.39. The van der Waals surface area contributed by atoms with Crippen molar-refractivity contribution in [3.8, 4) is 5.75 Å². The van der Waals surface area contributed by atoms with Crippen molar-refractivity contribution < 1.29 is 19.1 Å². The van der Waals surface area contributed by atoms with E-state index in [1.54, 1.807) is 42.5 Å². The number of nitrogens with zero attached hydrogens (tertiary/aromatic N) is 1. The zero-order valence-corrected chi connectivity index (χ0v) is 14.5. The van der Waals surface area contributed by atoms with E-state index in [1.165, 1.54) is 0 Å². The second kappa shape index (κ2) is 8.35.